The molecule has 1 aromatic carbocycles. The van der Waals surface area contributed by atoms with E-state index >= 15 is 0 Å². The molecule has 0 aliphatic carbocycles. The minimum atomic E-state index is -1.23. The summed E-state index contributed by atoms with van der Waals surface area (Å²) in [6.07, 6.45) is 0. The smallest absolute Gasteiger partial charge is 0.388 e. The van der Waals surface area contributed by atoms with Crippen LogP contribution in [0.5, 0.6) is 5.75 Å². The number of aromatic carboxylic acids is 1. The number of carbonyl (C=O) groups is 1. The number of nitrogens with zero attached hydrogens (tertiary/aromatic N) is 2. The Labute approximate surface area is 79.7 Å². The van der Waals surface area contributed by atoms with Gasteiger partial charge in [0.15, 0.2) is 4.98 Å². The summed E-state index contributed by atoms with van der Waals surface area (Å²) in [5, 5.41) is 25.8. The van der Waals surface area contributed by atoms with Crippen LogP contribution in [-0.2, 0) is 0 Å². The Bertz CT molecular complexity index is 372. The molecule has 0 radical (unpaired) electrons. The van der Waals surface area contributed by atoms with Gasteiger partial charge >= 0.3 is 11.7 Å². The fraction of sp³-hybridized carbons (Fsp3) is 0. The third-order valence-electron chi connectivity index (χ3n) is 1.33. The zero-order chi connectivity index (χ0) is 9.14. The molecular formula is C7H5ClN2O3. The second-order valence-corrected chi connectivity index (χ2v) is 2.11. The van der Waals surface area contributed by atoms with E-state index in [1.807, 2.05) is 0 Å². The van der Waals surface area contributed by atoms with E-state index in [1.165, 1.54) is 6.07 Å². The van der Waals surface area contributed by atoms with Crippen LogP contribution in [0.4, 0.5) is 5.69 Å². The number of hydrogen-bond donors (Lipinski definition) is 2. The minimum Gasteiger partial charge on any atom is -1.00 e. The van der Waals surface area contributed by atoms with Gasteiger partial charge in [-0.25, -0.2) is 4.79 Å². The molecule has 0 bridgehead atoms. The Morgan fingerprint density at radius 3 is 2.46 bits per heavy atom. The quantitative estimate of drug-likeness (QED) is 0.545. The molecule has 0 unspecified atom stereocenters. The number of carboxylic acid groups (broad SMARTS) is 1. The second kappa shape index (κ2) is 4.28. The van der Waals surface area contributed by atoms with E-state index in [-0.39, 0.29) is 23.7 Å². The Kier molecular flexibility index (Phi) is 3.69. The summed E-state index contributed by atoms with van der Waals surface area (Å²) in [7, 11) is 0. The predicted octanol–water partition coefficient (Wildman–Crippen LogP) is -1.42. The number of rotatable bonds is 1. The first-order valence-electron chi connectivity index (χ1n) is 3.06. The molecule has 0 heterocycles. The maximum atomic E-state index is 10.4. The number of diazo groups is 1. The SMILES string of the molecule is N#[N+]c1ccc(C(=O)O)c(O)c1.[Cl-]. The van der Waals surface area contributed by atoms with Crippen LogP contribution in [-0.4, -0.2) is 16.2 Å². The molecule has 0 aliphatic rings. The fourth-order valence-corrected chi connectivity index (χ4v) is 0.763. The maximum absolute atomic E-state index is 10.4. The Hall–Kier alpha value is -1.80. The summed E-state index contributed by atoms with van der Waals surface area (Å²) in [5.41, 5.74) is -0.111. The van der Waals surface area contributed by atoms with Gasteiger partial charge < -0.3 is 22.6 Å². The van der Waals surface area contributed by atoms with Crippen LogP contribution in [0.25, 0.3) is 4.98 Å². The molecule has 0 aliphatic heterocycles. The highest BCUT2D eigenvalue weighted by Crippen LogP contribution is 2.23. The summed E-state index contributed by atoms with van der Waals surface area (Å²) >= 11 is 0. The summed E-state index contributed by atoms with van der Waals surface area (Å²) in [4.78, 5) is 13.1. The minimum absolute atomic E-state index is 0. The van der Waals surface area contributed by atoms with E-state index < -0.39 is 11.7 Å². The van der Waals surface area contributed by atoms with Crippen molar-refractivity contribution in [2.75, 3.05) is 0 Å². The van der Waals surface area contributed by atoms with Crippen LogP contribution in [0.15, 0.2) is 18.2 Å². The molecular weight excluding hydrogens is 196 g/mol. The molecule has 2 N–H and O–H groups in total. The van der Waals surface area contributed by atoms with E-state index in [0.29, 0.717) is 0 Å². The van der Waals surface area contributed by atoms with E-state index in [9.17, 15) is 4.79 Å². The van der Waals surface area contributed by atoms with Gasteiger partial charge in [-0.15, -0.1) is 0 Å². The van der Waals surface area contributed by atoms with Crippen LogP contribution < -0.4 is 12.4 Å². The normalized spacial score (nSPS) is 8.23. The molecule has 1 aromatic rings. The van der Waals surface area contributed by atoms with Gasteiger partial charge in [0.05, 0.1) is 6.07 Å². The first-order valence-corrected chi connectivity index (χ1v) is 3.06. The van der Waals surface area contributed by atoms with Gasteiger partial charge in [-0.05, 0) is 6.07 Å². The lowest BCUT2D eigenvalue weighted by Gasteiger charge is -1.93. The average Bonchev–Trinajstić information content (AvgIpc) is 2.03. The van der Waals surface area contributed by atoms with Crippen LogP contribution in [0.2, 0.25) is 0 Å². The standard InChI is InChI=1S/C7H4N2O3.ClH/c8-9-4-1-2-5(7(11)12)6(10)3-4;/h1-3H,(H-,10,11,12);1H. The molecule has 0 fully saturated rings. The number of benzene rings is 1. The number of carboxylic acids is 1. The number of phenols is 1. The molecule has 0 atom stereocenters. The van der Waals surface area contributed by atoms with E-state index in [2.05, 4.69) is 4.98 Å². The van der Waals surface area contributed by atoms with Crippen molar-refractivity contribution in [2.24, 2.45) is 0 Å². The third kappa shape index (κ3) is 2.32. The largest absolute Gasteiger partial charge is 1.00 e. The van der Waals surface area contributed by atoms with Crippen molar-refractivity contribution in [3.05, 3.63) is 28.7 Å². The number of hydrogen-bond acceptors (Lipinski definition) is 3. The highest BCUT2D eigenvalue weighted by atomic mass is 35.5. The lowest BCUT2D eigenvalue weighted by molar-refractivity contribution is -0.0000200. The van der Waals surface area contributed by atoms with Gasteiger partial charge in [0, 0.05) is 6.07 Å². The van der Waals surface area contributed by atoms with Gasteiger partial charge in [-0.2, -0.15) is 0 Å². The fourth-order valence-electron chi connectivity index (χ4n) is 0.763. The topological polar surface area (TPSA) is 85.7 Å². The van der Waals surface area contributed by atoms with Crippen LogP contribution in [0.3, 0.4) is 0 Å². The Balaban J connectivity index is 0.00000144. The van der Waals surface area contributed by atoms with Gasteiger partial charge in [0.25, 0.3) is 0 Å². The first-order chi connectivity index (χ1) is 5.65. The highest BCUT2D eigenvalue weighted by Gasteiger charge is 2.13. The van der Waals surface area contributed by atoms with Crippen molar-refractivity contribution in [1.82, 2.24) is 0 Å². The molecule has 0 spiro atoms. The average molecular weight is 201 g/mol. The van der Waals surface area contributed by atoms with Crippen LogP contribution in [0, 0.1) is 5.39 Å². The number of aromatic hydroxyl groups is 1. The Morgan fingerprint density at radius 1 is 1.46 bits per heavy atom. The second-order valence-electron chi connectivity index (χ2n) is 2.11. The van der Waals surface area contributed by atoms with E-state index in [0.717, 1.165) is 12.1 Å². The summed E-state index contributed by atoms with van der Waals surface area (Å²) < 4.78 is 0. The molecule has 0 aromatic heterocycles. The van der Waals surface area contributed by atoms with E-state index in [1.54, 1.807) is 0 Å². The molecule has 5 nitrogen and oxygen atoms in total. The van der Waals surface area contributed by atoms with Gasteiger partial charge in [0.1, 0.15) is 11.3 Å². The van der Waals surface area contributed by atoms with Crippen molar-refractivity contribution in [3.63, 3.8) is 0 Å². The highest BCUT2D eigenvalue weighted by molar-refractivity contribution is 5.91. The van der Waals surface area contributed by atoms with Crippen molar-refractivity contribution in [3.8, 4) is 5.75 Å². The maximum Gasteiger partial charge on any atom is 0.388 e. The monoisotopic (exact) mass is 200 g/mol. The Morgan fingerprint density at radius 2 is 2.08 bits per heavy atom. The van der Waals surface area contributed by atoms with Gasteiger partial charge in [-0.3, -0.25) is 0 Å². The summed E-state index contributed by atoms with van der Waals surface area (Å²) in [6.45, 7) is 0. The lowest BCUT2D eigenvalue weighted by atomic mass is 10.2. The zero-order valence-corrected chi connectivity index (χ0v) is 7.06. The molecule has 6 heteroatoms. The first kappa shape index (κ1) is 11.2. The van der Waals surface area contributed by atoms with Crippen LogP contribution in [0.1, 0.15) is 10.4 Å². The predicted molar refractivity (Wildman–Crippen MR) is 39.8 cm³/mol. The van der Waals surface area contributed by atoms with Crippen molar-refractivity contribution in [1.29, 1.82) is 5.39 Å². The number of halogens is 1. The van der Waals surface area contributed by atoms with Crippen molar-refractivity contribution in [2.45, 2.75) is 0 Å². The zero-order valence-electron chi connectivity index (χ0n) is 6.31. The molecule has 68 valence electrons. The molecule has 1 rings (SSSR count). The van der Waals surface area contributed by atoms with Crippen LogP contribution >= 0.6 is 0 Å². The summed E-state index contributed by atoms with van der Waals surface area (Å²) in [6, 6.07) is 3.50. The molecule has 13 heavy (non-hydrogen) atoms. The van der Waals surface area contributed by atoms with Gasteiger partial charge in [-0.1, -0.05) is 0 Å². The molecule has 0 saturated heterocycles. The molecule has 0 saturated carbocycles. The van der Waals surface area contributed by atoms with E-state index in [4.69, 9.17) is 15.6 Å². The third-order valence-corrected chi connectivity index (χ3v) is 1.33. The summed E-state index contributed by atoms with van der Waals surface area (Å²) in [5.74, 6) is -1.64. The lowest BCUT2D eigenvalue weighted by Crippen LogP contribution is -3.00. The molecule has 0 amide bonds. The van der Waals surface area contributed by atoms with Crippen molar-refractivity contribution < 1.29 is 27.4 Å². The van der Waals surface area contributed by atoms with Crippen molar-refractivity contribution >= 4 is 11.7 Å². The van der Waals surface area contributed by atoms with Gasteiger partial charge in [0.2, 0.25) is 5.39 Å².